The van der Waals surface area contributed by atoms with Gasteiger partial charge in [0, 0.05) is 32.2 Å². The summed E-state index contributed by atoms with van der Waals surface area (Å²) in [7, 11) is 0. The molecule has 0 bridgehead atoms. The van der Waals surface area contributed by atoms with Gasteiger partial charge >= 0.3 is 6.36 Å². The number of ether oxygens (including phenoxy) is 1. The lowest BCUT2D eigenvalue weighted by Gasteiger charge is -2.36. The van der Waals surface area contributed by atoms with E-state index in [4.69, 9.17) is 0 Å². The number of halogens is 4. The van der Waals surface area contributed by atoms with Crippen LogP contribution in [0.25, 0.3) is 0 Å². The molecule has 7 heteroatoms. The van der Waals surface area contributed by atoms with Crippen molar-refractivity contribution < 1.29 is 17.9 Å². The third-order valence-electron chi connectivity index (χ3n) is 3.79. The van der Waals surface area contributed by atoms with E-state index in [-0.39, 0.29) is 24.2 Å². The van der Waals surface area contributed by atoms with Crippen molar-refractivity contribution in [2.45, 2.75) is 32.7 Å². The highest BCUT2D eigenvalue weighted by molar-refractivity contribution is 5.85. The summed E-state index contributed by atoms with van der Waals surface area (Å²) in [5.41, 5.74) is 1.05. The van der Waals surface area contributed by atoms with E-state index in [1.807, 2.05) is 0 Å². The van der Waals surface area contributed by atoms with Crippen LogP contribution in [-0.4, -0.2) is 37.4 Å². The van der Waals surface area contributed by atoms with Crippen LogP contribution >= 0.6 is 12.4 Å². The molecule has 23 heavy (non-hydrogen) atoms. The summed E-state index contributed by atoms with van der Waals surface area (Å²) in [6.45, 7) is 8.14. The van der Waals surface area contributed by atoms with E-state index in [9.17, 15) is 13.2 Å². The van der Waals surface area contributed by atoms with E-state index < -0.39 is 6.36 Å². The van der Waals surface area contributed by atoms with Gasteiger partial charge in [0.1, 0.15) is 5.75 Å². The Bertz CT molecular complexity index is 459. The highest BCUT2D eigenvalue weighted by atomic mass is 35.5. The number of rotatable bonds is 5. The molecule has 3 nitrogen and oxygen atoms in total. The molecule has 0 amide bonds. The molecule has 2 rings (SSSR count). The van der Waals surface area contributed by atoms with Crippen LogP contribution in [0, 0.1) is 5.92 Å². The van der Waals surface area contributed by atoms with Gasteiger partial charge in [-0.05, 0) is 30.0 Å². The topological polar surface area (TPSA) is 24.5 Å². The van der Waals surface area contributed by atoms with Crippen LogP contribution in [0.15, 0.2) is 24.3 Å². The van der Waals surface area contributed by atoms with Crippen molar-refractivity contribution in [3.63, 3.8) is 0 Å². The minimum absolute atomic E-state index is 0. The maximum Gasteiger partial charge on any atom is 0.573 e. The first-order chi connectivity index (χ1) is 10.3. The number of piperazine rings is 1. The molecule has 1 aromatic rings. The van der Waals surface area contributed by atoms with E-state index in [0.29, 0.717) is 5.92 Å². The Kier molecular flexibility index (Phi) is 7.64. The second kappa shape index (κ2) is 8.76. The minimum atomic E-state index is -4.64. The van der Waals surface area contributed by atoms with Crippen LogP contribution in [0.5, 0.6) is 5.75 Å². The predicted molar refractivity (Wildman–Crippen MR) is 87.0 cm³/mol. The molecule has 1 N–H and O–H groups in total. The Labute approximate surface area is 141 Å². The lowest BCUT2D eigenvalue weighted by atomic mass is 9.95. The standard InChI is InChI=1S/C16H23F3N2O.ClH/c1-12(2)11-15(21-9-7-20-8-10-21)13-3-5-14(6-4-13)22-16(17,18)19;/h3-6,12,15,20H,7-11H2,1-2H3;1H/t15-;/m1./s1. The highest BCUT2D eigenvalue weighted by Crippen LogP contribution is 2.30. The van der Waals surface area contributed by atoms with Crippen LogP contribution in [-0.2, 0) is 0 Å². The van der Waals surface area contributed by atoms with Gasteiger partial charge in [-0.15, -0.1) is 25.6 Å². The average Bonchev–Trinajstić information content (AvgIpc) is 2.45. The zero-order valence-corrected chi connectivity index (χ0v) is 14.2. The summed E-state index contributed by atoms with van der Waals surface area (Å²) < 4.78 is 40.6. The molecule has 0 aliphatic carbocycles. The Morgan fingerprint density at radius 1 is 1.13 bits per heavy atom. The number of nitrogens with one attached hydrogen (secondary N) is 1. The smallest absolute Gasteiger partial charge is 0.406 e. The molecule has 1 atom stereocenters. The lowest BCUT2D eigenvalue weighted by molar-refractivity contribution is -0.274. The first kappa shape index (κ1) is 20.1. The summed E-state index contributed by atoms with van der Waals surface area (Å²) >= 11 is 0. The first-order valence-electron chi connectivity index (χ1n) is 7.65. The van der Waals surface area contributed by atoms with Crippen LogP contribution < -0.4 is 10.1 Å². The lowest BCUT2D eigenvalue weighted by Crippen LogP contribution is -2.45. The van der Waals surface area contributed by atoms with Gasteiger partial charge < -0.3 is 10.1 Å². The summed E-state index contributed by atoms with van der Waals surface area (Å²) in [5, 5.41) is 3.32. The van der Waals surface area contributed by atoms with Gasteiger partial charge in [0.2, 0.25) is 0 Å². The molecule has 0 spiro atoms. The summed E-state index contributed by atoms with van der Waals surface area (Å²) in [6, 6.07) is 6.53. The number of alkyl halides is 3. The predicted octanol–water partition coefficient (Wildman–Crippen LogP) is 4.00. The molecular formula is C16H24ClF3N2O. The Morgan fingerprint density at radius 3 is 2.17 bits per heavy atom. The number of nitrogens with zero attached hydrogens (tertiary/aromatic N) is 1. The van der Waals surface area contributed by atoms with Gasteiger partial charge in [0.05, 0.1) is 0 Å². The molecule has 1 fully saturated rings. The van der Waals surface area contributed by atoms with E-state index >= 15 is 0 Å². The van der Waals surface area contributed by atoms with Gasteiger partial charge in [-0.25, -0.2) is 0 Å². The number of benzene rings is 1. The molecule has 1 heterocycles. The second-order valence-corrected chi connectivity index (χ2v) is 6.05. The number of hydrogen-bond donors (Lipinski definition) is 1. The van der Waals surface area contributed by atoms with Crippen molar-refractivity contribution in [3.05, 3.63) is 29.8 Å². The molecule has 1 aromatic carbocycles. The van der Waals surface area contributed by atoms with Gasteiger partial charge in [-0.2, -0.15) is 0 Å². The summed E-state index contributed by atoms with van der Waals surface area (Å²) in [4.78, 5) is 2.40. The first-order valence-corrected chi connectivity index (χ1v) is 7.65. The van der Waals surface area contributed by atoms with Crippen LogP contribution in [0.1, 0.15) is 31.9 Å². The van der Waals surface area contributed by atoms with E-state index in [1.165, 1.54) is 12.1 Å². The monoisotopic (exact) mass is 352 g/mol. The molecule has 132 valence electrons. The summed E-state index contributed by atoms with van der Waals surface area (Å²) in [5.74, 6) is 0.353. The van der Waals surface area contributed by atoms with Crippen LogP contribution in [0.3, 0.4) is 0 Å². The molecule has 0 saturated carbocycles. The molecule has 0 radical (unpaired) electrons. The average molecular weight is 353 g/mol. The highest BCUT2D eigenvalue weighted by Gasteiger charge is 2.31. The SMILES string of the molecule is CC(C)C[C@H](c1ccc(OC(F)(F)F)cc1)N1CCNCC1.Cl. The van der Waals surface area contributed by atoms with Crippen molar-refractivity contribution >= 4 is 12.4 Å². The van der Waals surface area contributed by atoms with E-state index in [1.54, 1.807) is 12.1 Å². The zero-order valence-electron chi connectivity index (χ0n) is 13.4. The maximum absolute atomic E-state index is 12.2. The van der Waals surface area contributed by atoms with Gasteiger partial charge in [-0.1, -0.05) is 26.0 Å². The molecule has 1 aliphatic rings. The maximum atomic E-state index is 12.2. The van der Waals surface area contributed by atoms with Crippen molar-refractivity contribution in [3.8, 4) is 5.75 Å². The normalized spacial score (nSPS) is 17.7. The van der Waals surface area contributed by atoms with Gasteiger partial charge in [0.25, 0.3) is 0 Å². The fraction of sp³-hybridized carbons (Fsp3) is 0.625. The van der Waals surface area contributed by atoms with E-state index in [0.717, 1.165) is 38.2 Å². The third-order valence-corrected chi connectivity index (χ3v) is 3.79. The van der Waals surface area contributed by atoms with Gasteiger partial charge in [0.15, 0.2) is 0 Å². The summed E-state index contributed by atoms with van der Waals surface area (Å²) in [6.07, 6.45) is -3.66. The Balaban J connectivity index is 0.00000264. The molecule has 1 saturated heterocycles. The zero-order chi connectivity index (χ0) is 16.2. The molecule has 0 unspecified atom stereocenters. The quantitative estimate of drug-likeness (QED) is 0.867. The molecule has 0 aromatic heterocycles. The minimum Gasteiger partial charge on any atom is -0.406 e. The van der Waals surface area contributed by atoms with Crippen LogP contribution in [0.4, 0.5) is 13.2 Å². The molecular weight excluding hydrogens is 329 g/mol. The Morgan fingerprint density at radius 2 is 1.70 bits per heavy atom. The second-order valence-electron chi connectivity index (χ2n) is 6.05. The fourth-order valence-corrected chi connectivity index (χ4v) is 2.83. The van der Waals surface area contributed by atoms with Crippen molar-refractivity contribution in [2.75, 3.05) is 26.2 Å². The van der Waals surface area contributed by atoms with Crippen LogP contribution in [0.2, 0.25) is 0 Å². The van der Waals surface area contributed by atoms with E-state index in [2.05, 4.69) is 28.8 Å². The number of hydrogen-bond acceptors (Lipinski definition) is 3. The van der Waals surface area contributed by atoms with Crippen molar-refractivity contribution in [2.24, 2.45) is 5.92 Å². The van der Waals surface area contributed by atoms with Gasteiger partial charge in [-0.3, -0.25) is 4.90 Å². The molecule has 1 aliphatic heterocycles. The Hall–Kier alpha value is -0.980. The largest absolute Gasteiger partial charge is 0.573 e. The van der Waals surface area contributed by atoms with Crippen molar-refractivity contribution in [1.82, 2.24) is 10.2 Å². The third kappa shape index (κ3) is 6.57. The van der Waals surface area contributed by atoms with Crippen molar-refractivity contribution in [1.29, 1.82) is 0 Å². The fourth-order valence-electron chi connectivity index (χ4n) is 2.83.